The summed E-state index contributed by atoms with van der Waals surface area (Å²) in [6, 6.07) is 7.87. The molecule has 0 bridgehead atoms. The first kappa shape index (κ1) is 15.1. The molecule has 2 atom stereocenters. The second-order valence-electron chi connectivity index (χ2n) is 6.44. The third-order valence-electron chi connectivity index (χ3n) is 4.86. The van der Waals surface area contributed by atoms with Crippen molar-refractivity contribution in [2.24, 2.45) is 5.41 Å². The third kappa shape index (κ3) is 2.45. The summed E-state index contributed by atoms with van der Waals surface area (Å²) in [5, 5.41) is 13.7. The monoisotopic (exact) mass is 327 g/mol. The van der Waals surface area contributed by atoms with Crippen molar-refractivity contribution in [2.75, 3.05) is 6.54 Å². The highest BCUT2D eigenvalue weighted by Gasteiger charge is 2.67. The minimum Gasteiger partial charge on any atom is -0.383 e. The Kier molecular flexibility index (Phi) is 3.51. The lowest BCUT2D eigenvalue weighted by molar-refractivity contribution is -0.127. The van der Waals surface area contributed by atoms with E-state index in [-0.39, 0.29) is 12.5 Å². The fourth-order valence-corrected chi connectivity index (χ4v) is 3.86. The van der Waals surface area contributed by atoms with E-state index in [1.165, 1.54) is 0 Å². The minimum absolute atomic E-state index is 0.191. The Morgan fingerprint density at radius 1 is 1.38 bits per heavy atom. The molecule has 0 heterocycles. The number of aryl methyl sites for hydroxylation is 1. The zero-order chi connectivity index (χ0) is 15.3. The molecule has 0 aliphatic heterocycles. The van der Waals surface area contributed by atoms with E-state index in [2.05, 4.69) is 5.32 Å². The summed E-state index contributed by atoms with van der Waals surface area (Å²) in [6.45, 7) is 1.95. The van der Waals surface area contributed by atoms with Gasteiger partial charge in [-0.1, -0.05) is 24.3 Å². The number of nitrogens with one attached hydrogen (secondary N) is 1. The van der Waals surface area contributed by atoms with Crippen molar-refractivity contribution in [3.63, 3.8) is 0 Å². The number of halogens is 2. The number of hydrogen-bond donors (Lipinski definition) is 2. The van der Waals surface area contributed by atoms with Gasteiger partial charge in [0.05, 0.1) is 12.0 Å². The first-order chi connectivity index (χ1) is 9.79. The SMILES string of the molecule is CC1(C(=O)NCC2(O)CCCc3ccccc32)CC1(Cl)Cl. The van der Waals surface area contributed by atoms with Gasteiger partial charge in [-0.2, -0.15) is 0 Å². The van der Waals surface area contributed by atoms with E-state index in [0.717, 1.165) is 24.0 Å². The topological polar surface area (TPSA) is 49.3 Å². The Labute approximate surface area is 134 Å². The Balaban J connectivity index is 1.73. The van der Waals surface area contributed by atoms with Crippen molar-refractivity contribution in [3.05, 3.63) is 35.4 Å². The van der Waals surface area contributed by atoms with E-state index in [4.69, 9.17) is 23.2 Å². The summed E-state index contributed by atoms with van der Waals surface area (Å²) in [5.41, 5.74) is 0.320. The summed E-state index contributed by atoms with van der Waals surface area (Å²) < 4.78 is -0.982. The Bertz CT molecular complexity index is 589. The van der Waals surface area contributed by atoms with Gasteiger partial charge in [0.25, 0.3) is 0 Å². The Morgan fingerprint density at radius 3 is 2.71 bits per heavy atom. The van der Waals surface area contributed by atoms with Crippen molar-refractivity contribution >= 4 is 29.1 Å². The lowest BCUT2D eigenvalue weighted by Crippen LogP contribution is -2.45. The Morgan fingerprint density at radius 2 is 2.05 bits per heavy atom. The number of carbonyl (C=O) groups is 1. The molecule has 1 aromatic carbocycles. The molecule has 0 radical (unpaired) electrons. The smallest absolute Gasteiger partial charge is 0.229 e. The number of aliphatic hydroxyl groups is 1. The van der Waals surface area contributed by atoms with E-state index in [9.17, 15) is 9.90 Å². The molecule has 3 rings (SSSR count). The number of amides is 1. The molecule has 2 aliphatic carbocycles. The molecule has 0 aromatic heterocycles. The fourth-order valence-electron chi connectivity index (χ4n) is 3.15. The molecule has 1 amide bonds. The number of carbonyl (C=O) groups excluding carboxylic acids is 1. The van der Waals surface area contributed by atoms with E-state index in [0.29, 0.717) is 12.8 Å². The predicted octanol–water partition coefficient (Wildman–Crippen LogP) is 2.91. The summed E-state index contributed by atoms with van der Waals surface area (Å²) in [7, 11) is 0. The van der Waals surface area contributed by atoms with Crippen molar-refractivity contribution in [1.29, 1.82) is 0 Å². The summed E-state index contributed by atoms with van der Waals surface area (Å²) >= 11 is 12.0. The molecule has 2 N–H and O–H groups in total. The second-order valence-corrected chi connectivity index (χ2v) is 7.92. The molecule has 1 fully saturated rings. The number of alkyl halides is 2. The van der Waals surface area contributed by atoms with Crippen LogP contribution >= 0.6 is 23.2 Å². The van der Waals surface area contributed by atoms with Crippen LogP contribution in [0, 0.1) is 5.41 Å². The van der Waals surface area contributed by atoms with Crippen LogP contribution in [0.5, 0.6) is 0 Å². The fraction of sp³-hybridized carbons (Fsp3) is 0.562. The van der Waals surface area contributed by atoms with Gasteiger partial charge < -0.3 is 10.4 Å². The highest BCUT2D eigenvalue weighted by Crippen LogP contribution is 2.63. The van der Waals surface area contributed by atoms with Crippen LogP contribution in [0.4, 0.5) is 0 Å². The molecule has 0 saturated heterocycles. The molecule has 114 valence electrons. The summed E-state index contributed by atoms with van der Waals surface area (Å²) in [6.07, 6.45) is 2.98. The van der Waals surface area contributed by atoms with Crippen molar-refractivity contribution in [3.8, 4) is 0 Å². The van der Waals surface area contributed by atoms with Crippen molar-refractivity contribution in [1.82, 2.24) is 5.32 Å². The highest BCUT2D eigenvalue weighted by molar-refractivity contribution is 6.53. The normalized spacial score (nSPS) is 33.1. The van der Waals surface area contributed by atoms with Gasteiger partial charge in [-0.3, -0.25) is 4.79 Å². The van der Waals surface area contributed by atoms with Crippen LogP contribution in [0.3, 0.4) is 0 Å². The van der Waals surface area contributed by atoms with Gasteiger partial charge >= 0.3 is 0 Å². The van der Waals surface area contributed by atoms with E-state index < -0.39 is 15.3 Å². The van der Waals surface area contributed by atoms with Gasteiger partial charge in [-0.25, -0.2) is 0 Å². The van der Waals surface area contributed by atoms with Crippen LogP contribution in [0.1, 0.15) is 37.3 Å². The van der Waals surface area contributed by atoms with E-state index in [1.807, 2.05) is 24.3 Å². The second kappa shape index (κ2) is 4.87. The predicted molar refractivity (Wildman–Crippen MR) is 83.4 cm³/mol. The molecular weight excluding hydrogens is 309 g/mol. The van der Waals surface area contributed by atoms with E-state index >= 15 is 0 Å². The zero-order valence-corrected chi connectivity index (χ0v) is 13.5. The zero-order valence-electron chi connectivity index (χ0n) is 12.0. The first-order valence-electron chi connectivity index (χ1n) is 7.25. The maximum Gasteiger partial charge on any atom is 0.229 e. The molecule has 2 unspecified atom stereocenters. The first-order valence-corrected chi connectivity index (χ1v) is 8.01. The van der Waals surface area contributed by atoms with Gasteiger partial charge in [0.2, 0.25) is 5.91 Å². The standard InChI is InChI=1S/C16H19Cl2NO2/c1-14(9-16(14,17)18)13(20)19-10-15(21)8-4-6-11-5-2-3-7-12(11)15/h2-3,5,7,21H,4,6,8-10H2,1H3,(H,19,20). The maximum absolute atomic E-state index is 12.2. The van der Waals surface area contributed by atoms with Crippen LogP contribution in [-0.2, 0) is 16.8 Å². The van der Waals surface area contributed by atoms with Gasteiger partial charge in [0, 0.05) is 0 Å². The van der Waals surface area contributed by atoms with Crippen LogP contribution in [0.2, 0.25) is 0 Å². The lowest BCUT2D eigenvalue weighted by atomic mass is 9.79. The largest absolute Gasteiger partial charge is 0.383 e. The number of benzene rings is 1. The molecule has 1 aromatic rings. The van der Waals surface area contributed by atoms with Crippen LogP contribution < -0.4 is 5.32 Å². The average Bonchev–Trinajstić information content (AvgIpc) is 2.97. The van der Waals surface area contributed by atoms with Crippen LogP contribution in [-0.4, -0.2) is 21.9 Å². The highest BCUT2D eigenvalue weighted by atomic mass is 35.5. The van der Waals surface area contributed by atoms with Crippen molar-refractivity contribution in [2.45, 2.75) is 42.5 Å². The maximum atomic E-state index is 12.2. The molecule has 0 spiro atoms. The van der Waals surface area contributed by atoms with Gasteiger partial charge in [0.15, 0.2) is 0 Å². The molecular formula is C16H19Cl2NO2. The average molecular weight is 328 g/mol. The quantitative estimate of drug-likeness (QED) is 0.838. The van der Waals surface area contributed by atoms with Crippen LogP contribution in [0.25, 0.3) is 0 Å². The molecule has 3 nitrogen and oxygen atoms in total. The molecule has 1 saturated carbocycles. The van der Waals surface area contributed by atoms with E-state index in [1.54, 1.807) is 6.92 Å². The molecule has 5 heteroatoms. The van der Waals surface area contributed by atoms with Crippen LogP contribution in [0.15, 0.2) is 24.3 Å². The van der Waals surface area contributed by atoms with Gasteiger partial charge in [0.1, 0.15) is 9.93 Å². The lowest BCUT2D eigenvalue weighted by Gasteiger charge is -2.35. The van der Waals surface area contributed by atoms with Gasteiger partial charge in [-0.05, 0) is 43.7 Å². The summed E-state index contributed by atoms with van der Waals surface area (Å²) in [4.78, 5) is 12.2. The Hall–Kier alpha value is -0.770. The molecule has 21 heavy (non-hydrogen) atoms. The summed E-state index contributed by atoms with van der Waals surface area (Å²) in [5.74, 6) is -0.191. The van der Waals surface area contributed by atoms with Gasteiger partial charge in [-0.15, -0.1) is 23.2 Å². The number of rotatable bonds is 3. The number of hydrogen-bond acceptors (Lipinski definition) is 2. The number of fused-ring (bicyclic) bond motifs is 1. The minimum atomic E-state index is -1.00. The molecule has 2 aliphatic rings. The van der Waals surface area contributed by atoms with Crippen molar-refractivity contribution < 1.29 is 9.90 Å². The third-order valence-corrected chi connectivity index (χ3v) is 5.96.